The lowest BCUT2D eigenvalue weighted by atomic mass is 10.2. The van der Waals surface area contributed by atoms with E-state index >= 15 is 0 Å². The Morgan fingerprint density at radius 2 is 1.59 bits per heavy atom. The highest BCUT2D eigenvalue weighted by Crippen LogP contribution is 2.32. The van der Waals surface area contributed by atoms with Crippen molar-refractivity contribution in [3.63, 3.8) is 0 Å². The third kappa shape index (κ3) is 5.78. The van der Waals surface area contributed by atoms with Crippen LogP contribution in [-0.4, -0.2) is 24.3 Å². The summed E-state index contributed by atoms with van der Waals surface area (Å²) < 4.78 is 5.97. The minimum atomic E-state index is 0.167. The summed E-state index contributed by atoms with van der Waals surface area (Å²) >= 11 is 0. The standard InChI is InChI=1S/C19H33NO2/c1-5-9-13-20(14-10-6-2)16-11-12-18(21)19(15-16)22-17(7-3)8-4/h11-12,15,17,21H,5-10,13-14H2,1-4H3. The van der Waals surface area contributed by atoms with E-state index in [2.05, 4.69) is 32.6 Å². The third-order valence-electron chi connectivity index (χ3n) is 4.08. The summed E-state index contributed by atoms with van der Waals surface area (Å²) in [6.07, 6.45) is 6.84. The van der Waals surface area contributed by atoms with Gasteiger partial charge >= 0.3 is 0 Å². The molecule has 0 heterocycles. The van der Waals surface area contributed by atoms with E-state index in [0.29, 0.717) is 5.75 Å². The summed E-state index contributed by atoms with van der Waals surface area (Å²) in [5.41, 5.74) is 1.15. The molecule has 0 aliphatic rings. The highest BCUT2D eigenvalue weighted by atomic mass is 16.5. The Bertz CT molecular complexity index is 408. The van der Waals surface area contributed by atoms with Gasteiger partial charge in [0.25, 0.3) is 0 Å². The third-order valence-corrected chi connectivity index (χ3v) is 4.08. The van der Waals surface area contributed by atoms with E-state index in [1.807, 2.05) is 12.1 Å². The number of anilines is 1. The molecular formula is C19H33NO2. The number of hydrogen-bond acceptors (Lipinski definition) is 3. The second-order valence-electron chi connectivity index (χ2n) is 5.90. The Morgan fingerprint density at radius 3 is 2.09 bits per heavy atom. The molecule has 0 aliphatic heterocycles. The average Bonchev–Trinajstić information content (AvgIpc) is 2.54. The molecule has 0 aliphatic carbocycles. The van der Waals surface area contributed by atoms with Crippen LogP contribution in [0.25, 0.3) is 0 Å². The van der Waals surface area contributed by atoms with Crippen molar-refractivity contribution >= 4 is 5.69 Å². The van der Waals surface area contributed by atoms with Crippen molar-refractivity contribution in [1.29, 1.82) is 0 Å². The quantitative estimate of drug-likeness (QED) is 0.597. The molecule has 0 aromatic heterocycles. The summed E-state index contributed by atoms with van der Waals surface area (Å²) in [6.45, 7) is 10.8. The molecular weight excluding hydrogens is 274 g/mol. The van der Waals surface area contributed by atoms with Crippen molar-refractivity contribution in [2.75, 3.05) is 18.0 Å². The summed E-state index contributed by atoms with van der Waals surface area (Å²) in [5.74, 6) is 0.853. The topological polar surface area (TPSA) is 32.7 Å². The second kappa shape index (κ2) is 10.4. The van der Waals surface area contributed by atoms with Crippen LogP contribution in [0.5, 0.6) is 11.5 Å². The summed E-state index contributed by atoms with van der Waals surface area (Å²) in [5, 5.41) is 10.1. The highest BCUT2D eigenvalue weighted by Gasteiger charge is 2.13. The van der Waals surface area contributed by atoms with Crippen molar-refractivity contribution in [2.45, 2.75) is 72.3 Å². The fourth-order valence-corrected chi connectivity index (χ4v) is 2.50. The van der Waals surface area contributed by atoms with Crippen molar-refractivity contribution in [2.24, 2.45) is 0 Å². The van der Waals surface area contributed by atoms with Crippen molar-refractivity contribution in [3.8, 4) is 11.5 Å². The first-order chi connectivity index (χ1) is 10.7. The minimum Gasteiger partial charge on any atom is -0.504 e. The van der Waals surface area contributed by atoms with E-state index in [0.717, 1.165) is 31.6 Å². The van der Waals surface area contributed by atoms with Crippen molar-refractivity contribution in [3.05, 3.63) is 18.2 Å². The summed E-state index contributed by atoms with van der Waals surface area (Å²) in [6, 6.07) is 5.76. The Kier molecular flexibility index (Phi) is 8.79. The first kappa shape index (κ1) is 18.7. The van der Waals surface area contributed by atoms with Crippen molar-refractivity contribution in [1.82, 2.24) is 0 Å². The van der Waals surface area contributed by atoms with Gasteiger partial charge in [-0.1, -0.05) is 40.5 Å². The van der Waals surface area contributed by atoms with Gasteiger partial charge in [0, 0.05) is 24.8 Å². The maximum Gasteiger partial charge on any atom is 0.163 e. The molecule has 1 aromatic carbocycles. The van der Waals surface area contributed by atoms with Crippen LogP contribution in [0.2, 0.25) is 0 Å². The number of hydrogen-bond donors (Lipinski definition) is 1. The molecule has 1 aromatic rings. The monoisotopic (exact) mass is 307 g/mol. The van der Waals surface area contributed by atoms with E-state index in [4.69, 9.17) is 4.74 Å². The smallest absolute Gasteiger partial charge is 0.163 e. The Hall–Kier alpha value is -1.38. The number of phenols is 1. The fourth-order valence-electron chi connectivity index (χ4n) is 2.50. The number of ether oxygens (including phenoxy) is 1. The molecule has 0 spiro atoms. The summed E-state index contributed by atoms with van der Waals surface area (Å²) in [4.78, 5) is 2.41. The number of unbranched alkanes of at least 4 members (excludes halogenated alkanes) is 2. The lowest BCUT2D eigenvalue weighted by Gasteiger charge is -2.26. The zero-order valence-corrected chi connectivity index (χ0v) is 14.8. The Morgan fingerprint density at radius 1 is 1.00 bits per heavy atom. The van der Waals surface area contributed by atoms with Crippen LogP contribution in [0.15, 0.2) is 18.2 Å². The maximum atomic E-state index is 10.1. The predicted octanol–water partition coefficient (Wildman–Crippen LogP) is 5.37. The minimum absolute atomic E-state index is 0.167. The van der Waals surface area contributed by atoms with Gasteiger partial charge in [0.2, 0.25) is 0 Å². The lowest BCUT2D eigenvalue weighted by Crippen LogP contribution is -2.25. The van der Waals surface area contributed by atoms with Crippen LogP contribution in [0.1, 0.15) is 66.2 Å². The van der Waals surface area contributed by atoms with Gasteiger partial charge in [0.05, 0.1) is 6.10 Å². The van der Waals surface area contributed by atoms with Gasteiger partial charge in [-0.2, -0.15) is 0 Å². The molecule has 126 valence electrons. The number of benzene rings is 1. The van der Waals surface area contributed by atoms with E-state index in [9.17, 15) is 5.11 Å². The molecule has 0 saturated heterocycles. The van der Waals surface area contributed by atoms with Gasteiger partial charge in [-0.3, -0.25) is 0 Å². The van der Waals surface area contributed by atoms with Crippen LogP contribution in [0.4, 0.5) is 5.69 Å². The largest absolute Gasteiger partial charge is 0.504 e. The molecule has 0 amide bonds. The van der Waals surface area contributed by atoms with Gasteiger partial charge < -0.3 is 14.7 Å². The van der Waals surface area contributed by atoms with Gasteiger partial charge in [0.15, 0.2) is 11.5 Å². The van der Waals surface area contributed by atoms with Crippen LogP contribution >= 0.6 is 0 Å². The molecule has 0 saturated carbocycles. The van der Waals surface area contributed by atoms with Crippen LogP contribution in [0.3, 0.4) is 0 Å². The second-order valence-corrected chi connectivity index (χ2v) is 5.90. The molecule has 3 nitrogen and oxygen atoms in total. The van der Waals surface area contributed by atoms with Crippen LogP contribution in [-0.2, 0) is 0 Å². The number of nitrogens with zero attached hydrogens (tertiary/aromatic N) is 1. The Labute approximate surface area is 136 Å². The summed E-state index contributed by atoms with van der Waals surface area (Å²) in [7, 11) is 0. The molecule has 0 unspecified atom stereocenters. The van der Waals surface area contributed by atoms with E-state index in [1.165, 1.54) is 25.7 Å². The first-order valence-corrected chi connectivity index (χ1v) is 8.90. The fraction of sp³-hybridized carbons (Fsp3) is 0.684. The highest BCUT2D eigenvalue weighted by molar-refractivity contribution is 5.56. The zero-order valence-electron chi connectivity index (χ0n) is 14.8. The van der Waals surface area contributed by atoms with Gasteiger partial charge in [-0.25, -0.2) is 0 Å². The number of aromatic hydroxyl groups is 1. The molecule has 0 bridgehead atoms. The van der Waals surface area contributed by atoms with Gasteiger partial charge in [-0.15, -0.1) is 0 Å². The van der Waals surface area contributed by atoms with E-state index < -0.39 is 0 Å². The molecule has 0 fully saturated rings. The van der Waals surface area contributed by atoms with Gasteiger partial charge in [0.1, 0.15) is 0 Å². The average molecular weight is 307 g/mol. The van der Waals surface area contributed by atoms with Gasteiger partial charge in [-0.05, 0) is 37.8 Å². The number of rotatable bonds is 11. The SMILES string of the molecule is CCCCN(CCCC)c1ccc(O)c(OC(CC)CC)c1. The van der Waals surface area contributed by atoms with Crippen molar-refractivity contribution < 1.29 is 9.84 Å². The van der Waals surface area contributed by atoms with Crippen LogP contribution < -0.4 is 9.64 Å². The lowest BCUT2D eigenvalue weighted by molar-refractivity contribution is 0.186. The van der Waals surface area contributed by atoms with Crippen LogP contribution in [0, 0.1) is 0 Å². The Balaban J connectivity index is 2.90. The molecule has 0 atom stereocenters. The van der Waals surface area contributed by atoms with E-state index in [-0.39, 0.29) is 11.9 Å². The van der Waals surface area contributed by atoms with E-state index in [1.54, 1.807) is 6.07 Å². The molecule has 0 radical (unpaired) electrons. The normalized spacial score (nSPS) is 11.0. The predicted molar refractivity (Wildman–Crippen MR) is 95.1 cm³/mol. The molecule has 1 rings (SSSR count). The first-order valence-electron chi connectivity index (χ1n) is 8.90. The zero-order chi connectivity index (χ0) is 16.4. The molecule has 1 N–H and O–H groups in total. The number of phenolic OH excluding ortho intramolecular Hbond substituents is 1. The molecule has 3 heteroatoms. The molecule has 22 heavy (non-hydrogen) atoms. The maximum absolute atomic E-state index is 10.1.